The van der Waals surface area contributed by atoms with Gasteiger partial charge in [0.05, 0.1) is 6.04 Å². The number of aromatic nitrogens is 2. The van der Waals surface area contributed by atoms with Crippen molar-refractivity contribution in [3.8, 4) is 22.9 Å². The van der Waals surface area contributed by atoms with E-state index in [9.17, 15) is 14.0 Å². The summed E-state index contributed by atoms with van der Waals surface area (Å²) in [4.78, 5) is 31.1. The van der Waals surface area contributed by atoms with Crippen LogP contribution in [0.2, 0.25) is 0 Å². The van der Waals surface area contributed by atoms with Gasteiger partial charge in [-0.05, 0) is 48.5 Å². The van der Waals surface area contributed by atoms with Gasteiger partial charge in [0.1, 0.15) is 35.1 Å². The van der Waals surface area contributed by atoms with E-state index in [2.05, 4.69) is 15.3 Å². The quantitative estimate of drug-likeness (QED) is 0.497. The predicted octanol–water partition coefficient (Wildman–Crippen LogP) is 2.11. The van der Waals surface area contributed by atoms with E-state index in [1.54, 1.807) is 24.3 Å². The van der Waals surface area contributed by atoms with E-state index in [1.807, 2.05) is 0 Å². The maximum Gasteiger partial charge on any atom is 0.267 e. The van der Waals surface area contributed by atoms with Crippen LogP contribution in [0.15, 0.2) is 54.6 Å². The summed E-state index contributed by atoms with van der Waals surface area (Å²) in [5.41, 5.74) is 11.4. The fourth-order valence-corrected chi connectivity index (χ4v) is 2.43. The van der Waals surface area contributed by atoms with Crippen molar-refractivity contribution < 1.29 is 18.7 Å². The van der Waals surface area contributed by atoms with Crippen LogP contribution in [0.4, 0.5) is 10.2 Å². The van der Waals surface area contributed by atoms with Crippen molar-refractivity contribution in [1.82, 2.24) is 9.97 Å². The van der Waals surface area contributed by atoms with E-state index in [1.165, 1.54) is 30.3 Å². The van der Waals surface area contributed by atoms with Crippen molar-refractivity contribution in [1.29, 1.82) is 0 Å². The summed E-state index contributed by atoms with van der Waals surface area (Å²) in [7, 11) is 0. The second-order valence-corrected chi connectivity index (χ2v) is 6.03. The Morgan fingerprint density at radius 2 is 1.72 bits per heavy atom. The van der Waals surface area contributed by atoms with Crippen LogP contribution in [0.1, 0.15) is 10.5 Å². The van der Waals surface area contributed by atoms with Gasteiger partial charge in [-0.1, -0.05) is 0 Å². The molecular formula is C20H18FN5O3. The van der Waals surface area contributed by atoms with Crippen LogP contribution in [0, 0.1) is 5.82 Å². The Hall–Kier alpha value is -3.85. The molecule has 1 atom stereocenters. The average Bonchev–Trinajstić information content (AvgIpc) is 2.74. The molecule has 0 aliphatic heterocycles. The number of carbonyl (C=O) groups is 2. The van der Waals surface area contributed by atoms with Gasteiger partial charge in [-0.25, -0.2) is 14.4 Å². The molecule has 0 aliphatic carbocycles. The van der Waals surface area contributed by atoms with Crippen molar-refractivity contribution in [2.75, 3.05) is 11.9 Å². The van der Waals surface area contributed by atoms with E-state index in [0.29, 0.717) is 23.3 Å². The summed E-state index contributed by atoms with van der Waals surface area (Å²) in [5.74, 6) is 0.406. The highest BCUT2D eigenvalue weighted by Crippen LogP contribution is 2.25. The Balaban J connectivity index is 1.86. The summed E-state index contributed by atoms with van der Waals surface area (Å²) in [6, 6.07) is 13.1. The molecule has 9 heteroatoms. The first-order valence-electron chi connectivity index (χ1n) is 8.63. The second kappa shape index (κ2) is 8.89. The maximum absolute atomic E-state index is 13.0. The van der Waals surface area contributed by atoms with E-state index >= 15 is 0 Å². The standard InChI is InChI=1S/C20H18FN5O3/c21-13-3-7-16(8-4-13)29-15-5-1-12(2-6-15)20-25-17(19(23)28)9-18(26-20)24-14(10-22)11-27/h1-9,11,14H,10,22H2,(H2,23,28)(H,24,25,26)/t14-/m1/s1. The molecule has 0 radical (unpaired) electrons. The fraction of sp³-hybridized carbons (Fsp3) is 0.100. The molecule has 0 saturated carbocycles. The third kappa shape index (κ3) is 5.11. The molecule has 2 aromatic carbocycles. The molecule has 0 saturated heterocycles. The van der Waals surface area contributed by atoms with Crippen LogP contribution >= 0.6 is 0 Å². The number of benzene rings is 2. The molecule has 0 fully saturated rings. The summed E-state index contributed by atoms with van der Waals surface area (Å²) in [5, 5.41) is 2.83. The van der Waals surface area contributed by atoms with Crippen molar-refractivity contribution in [2.45, 2.75) is 6.04 Å². The summed E-state index contributed by atoms with van der Waals surface area (Å²) in [6.45, 7) is 0.0597. The van der Waals surface area contributed by atoms with Gasteiger partial charge in [0.15, 0.2) is 5.82 Å². The van der Waals surface area contributed by atoms with E-state index in [0.717, 1.165) is 0 Å². The number of hydrogen-bond donors (Lipinski definition) is 3. The lowest BCUT2D eigenvalue weighted by Gasteiger charge is -2.13. The predicted molar refractivity (Wildman–Crippen MR) is 105 cm³/mol. The first-order chi connectivity index (χ1) is 14.0. The van der Waals surface area contributed by atoms with Crippen LogP contribution in [-0.4, -0.2) is 34.7 Å². The van der Waals surface area contributed by atoms with Crippen LogP contribution in [-0.2, 0) is 4.79 Å². The third-order valence-corrected chi connectivity index (χ3v) is 3.89. The smallest absolute Gasteiger partial charge is 0.267 e. The Kier molecular flexibility index (Phi) is 6.10. The number of ether oxygens (including phenoxy) is 1. The zero-order valence-electron chi connectivity index (χ0n) is 15.2. The van der Waals surface area contributed by atoms with Crippen LogP contribution < -0.4 is 21.5 Å². The summed E-state index contributed by atoms with van der Waals surface area (Å²) < 4.78 is 18.6. The molecule has 1 amide bonds. The minimum Gasteiger partial charge on any atom is -0.457 e. The Morgan fingerprint density at radius 1 is 1.10 bits per heavy atom. The number of halogens is 1. The van der Waals surface area contributed by atoms with Gasteiger partial charge in [0.2, 0.25) is 0 Å². The highest BCUT2D eigenvalue weighted by molar-refractivity contribution is 5.92. The van der Waals surface area contributed by atoms with Crippen molar-refractivity contribution in [2.24, 2.45) is 11.5 Å². The molecule has 1 heterocycles. The van der Waals surface area contributed by atoms with E-state index < -0.39 is 11.9 Å². The lowest BCUT2D eigenvalue weighted by molar-refractivity contribution is -0.108. The molecule has 3 rings (SSSR count). The van der Waals surface area contributed by atoms with Crippen LogP contribution in [0.3, 0.4) is 0 Å². The van der Waals surface area contributed by atoms with Gasteiger partial charge in [-0.3, -0.25) is 4.79 Å². The number of nitrogens with zero attached hydrogens (tertiary/aromatic N) is 2. The highest BCUT2D eigenvalue weighted by atomic mass is 19.1. The van der Waals surface area contributed by atoms with Crippen molar-refractivity contribution >= 4 is 18.0 Å². The van der Waals surface area contributed by atoms with Gasteiger partial charge >= 0.3 is 0 Å². The molecule has 0 bridgehead atoms. The SMILES string of the molecule is NC[C@H](C=O)Nc1cc(C(N)=O)nc(-c2ccc(Oc3ccc(F)cc3)cc2)n1. The third-order valence-electron chi connectivity index (χ3n) is 3.89. The van der Waals surface area contributed by atoms with Gasteiger partial charge in [-0.2, -0.15) is 0 Å². The highest BCUT2D eigenvalue weighted by Gasteiger charge is 2.13. The van der Waals surface area contributed by atoms with Crippen molar-refractivity contribution in [3.63, 3.8) is 0 Å². The van der Waals surface area contributed by atoms with Crippen LogP contribution in [0.25, 0.3) is 11.4 Å². The molecule has 5 N–H and O–H groups in total. The molecule has 8 nitrogen and oxygen atoms in total. The summed E-state index contributed by atoms with van der Waals surface area (Å²) >= 11 is 0. The summed E-state index contributed by atoms with van der Waals surface area (Å²) in [6.07, 6.45) is 0.646. The minimum atomic E-state index is -0.733. The van der Waals surface area contributed by atoms with E-state index in [-0.39, 0.29) is 29.7 Å². The first kappa shape index (κ1) is 19.9. The fourth-order valence-electron chi connectivity index (χ4n) is 2.43. The number of amides is 1. The topological polar surface area (TPSA) is 133 Å². The Morgan fingerprint density at radius 3 is 2.28 bits per heavy atom. The minimum absolute atomic E-state index is 0.00851. The number of anilines is 1. The molecule has 0 aliphatic rings. The largest absolute Gasteiger partial charge is 0.457 e. The number of carbonyl (C=O) groups excluding carboxylic acids is 2. The Bertz CT molecular complexity index is 1010. The molecule has 0 unspecified atom stereocenters. The number of rotatable bonds is 8. The number of nitrogens with two attached hydrogens (primary N) is 2. The normalized spacial score (nSPS) is 11.5. The molecule has 3 aromatic rings. The average molecular weight is 395 g/mol. The van der Waals surface area contributed by atoms with Gasteiger partial charge in [-0.15, -0.1) is 0 Å². The number of aldehydes is 1. The molecular weight excluding hydrogens is 377 g/mol. The van der Waals surface area contributed by atoms with Gasteiger partial charge in [0, 0.05) is 18.2 Å². The lowest BCUT2D eigenvalue weighted by Crippen LogP contribution is -2.30. The number of hydrogen-bond acceptors (Lipinski definition) is 7. The number of primary amides is 1. The first-order valence-corrected chi connectivity index (χ1v) is 8.63. The van der Waals surface area contributed by atoms with Gasteiger partial charge < -0.3 is 26.3 Å². The second-order valence-electron chi connectivity index (χ2n) is 6.03. The number of nitrogens with one attached hydrogen (secondary N) is 1. The zero-order valence-corrected chi connectivity index (χ0v) is 15.2. The van der Waals surface area contributed by atoms with Crippen LogP contribution in [0.5, 0.6) is 11.5 Å². The molecule has 148 valence electrons. The molecule has 1 aromatic heterocycles. The zero-order chi connectivity index (χ0) is 20.8. The molecule has 29 heavy (non-hydrogen) atoms. The lowest BCUT2D eigenvalue weighted by atomic mass is 10.2. The Labute approximate surface area is 165 Å². The molecule has 0 spiro atoms. The van der Waals surface area contributed by atoms with E-state index in [4.69, 9.17) is 16.2 Å². The van der Waals surface area contributed by atoms with Crippen molar-refractivity contribution in [3.05, 3.63) is 66.1 Å². The monoisotopic (exact) mass is 395 g/mol. The van der Waals surface area contributed by atoms with Gasteiger partial charge in [0.25, 0.3) is 5.91 Å². The maximum atomic E-state index is 13.0.